The van der Waals surface area contributed by atoms with Crippen molar-refractivity contribution >= 4 is 17.4 Å². The van der Waals surface area contributed by atoms with Crippen LogP contribution < -0.4 is 0 Å². The third kappa shape index (κ3) is 2.25. The molecule has 0 saturated carbocycles. The highest BCUT2D eigenvalue weighted by atomic mass is 35.5. The summed E-state index contributed by atoms with van der Waals surface area (Å²) < 4.78 is 0. The molecule has 0 N–H and O–H groups in total. The smallest absolute Gasteiger partial charge is 0.195 e. The molecule has 0 fully saturated rings. The maximum Gasteiger partial charge on any atom is 0.195 e. The number of hydrogen-bond donors (Lipinski definition) is 0. The summed E-state index contributed by atoms with van der Waals surface area (Å²) in [5, 5.41) is 0.500. The van der Waals surface area contributed by atoms with Gasteiger partial charge in [0.15, 0.2) is 5.78 Å². The van der Waals surface area contributed by atoms with Crippen molar-refractivity contribution in [2.75, 3.05) is 0 Å². The van der Waals surface area contributed by atoms with Crippen molar-refractivity contribution in [1.29, 1.82) is 0 Å². The molecule has 0 atom stereocenters. The predicted octanol–water partition coefficient (Wildman–Crippen LogP) is 4.19. The Morgan fingerprint density at radius 3 is 2.12 bits per heavy atom. The van der Waals surface area contributed by atoms with Crippen LogP contribution >= 0.6 is 11.6 Å². The van der Waals surface area contributed by atoms with Gasteiger partial charge in [0, 0.05) is 11.1 Å². The third-order valence-corrected chi connectivity index (χ3v) is 3.16. The van der Waals surface area contributed by atoms with Gasteiger partial charge in [-0.25, -0.2) is 0 Å². The number of ketones is 1. The van der Waals surface area contributed by atoms with Gasteiger partial charge < -0.3 is 0 Å². The molecule has 0 spiro atoms. The number of rotatable bonds is 2. The van der Waals surface area contributed by atoms with Crippen LogP contribution in [-0.4, -0.2) is 5.78 Å². The first kappa shape index (κ1) is 11.9. The Morgan fingerprint density at radius 1 is 0.941 bits per heavy atom. The molecule has 0 aliphatic carbocycles. The average Bonchev–Trinajstić information content (AvgIpc) is 2.29. The Morgan fingerprint density at radius 2 is 1.53 bits per heavy atom. The van der Waals surface area contributed by atoms with Crippen molar-refractivity contribution < 1.29 is 4.79 Å². The summed E-state index contributed by atoms with van der Waals surface area (Å²) in [6, 6.07) is 13.0. The zero-order valence-corrected chi connectivity index (χ0v) is 10.6. The van der Waals surface area contributed by atoms with Gasteiger partial charge in [0.2, 0.25) is 0 Å². The first-order valence-electron chi connectivity index (χ1n) is 5.46. The zero-order chi connectivity index (χ0) is 12.4. The fraction of sp³-hybridized carbons (Fsp3) is 0.133. The molecule has 0 bridgehead atoms. The Hall–Kier alpha value is -1.60. The third-order valence-electron chi connectivity index (χ3n) is 2.83. The summed E-state index contributed by atoms with van der Waals surface area (Å²) in [6.45, 7) is 3.88. The maximum absolute atomic E-state index is 12.4. The predicted molar refractivity (Wildman–Crippen MR) is 70.8 cm³/mol. The van der Waals surface area contributed by atoms with E-state index in [0.29, 0.717) is 10.6 Å². The number of benzene rings is 2. The molecule has 2 aromatic carbocycles. The van der Waals surface area contributed by atoms with Crippen LogP contribution in [0, 0.1) is 13.8 Å². The Kier molecular flexibility index (Phi) is 3.30. The van der Waals surface area contributed by atoms with Crippen LogP contribution in [0.25, 0.3) is 0 Å². The van der Waals surface area contributed by atoms with E-state index in [9.17, 15) is 4.79 Å². The lowest BCUT2D eigenvalue weighted by molar-refractivity contribution is 0.103. The molecule has 0 aliphatic rings. The number of carbonyl (C=O) groups is 1. The molecule has 0 heterocycles. The van der Waals surface area contributed by atoms with Crippen molar-refractivity contribution in [2.24, 2.45) is 0 Å². The SMILES string of the molecule is Cc1cccc(C)c1C(=O)c1ccccc1Cl. The van der Waals surface area contributed by atoms with Gasteiger partial charge in [-0.3, -0.25) is 4.79 Å². The van der Waals surface area contributed by atoms with Crippen LogP contribution in [0.3, 0.4) is 0 Å². The zero-order valence-electron chi connectivity index (χ0n) is 9.83. The molecule has 0 aromatic heterocycles. The maximum atomic E-state index is 12.4. The van der Waals surface area contributed by atoms with Gasteiger partial charge in [-0.05, 0) is 37.1 Å². The standard InChI is InChI=1S/C15H13ClO/c1-10-6-5-7-11(2)14(10)15(17)12-8-3-4-9-13(12)16/h3-9H,1-2H3. The molecule has 1 nitrogen and oxygen atoms in total. The average molecular weight is 245 g/mol. The van der Waals surface area contributed by atoms with E-state index >= 15 is 0 Å². The van der Waals surface area contributed by atoms with E-state index in [1.165, 1.54) is 0 Å². The quantitative estimate of drug-likeness (QED) is 0.724. The van der Waals surface area contributed by atoms with Crippen molar-refractivity contribution in [1.82, 2.24) is 0 Å². The second-order valence-electron chi connectivity index (χ2n) is 4.08. The summed E-state index contributed by atoms with van der Waals surface area (Å²) in [7, 11) is 0. The van der Waals surface area contributed by atoms with E-state index in [1.54, 1.807) is 12.1 Å². The lowest BCUT2D eigenvalue weighted by atomic mass is 9.95. The van der Waals surface area contributed by atoms with Crippen molar-refractivity contribution in [3.05, 3.63) is 69.7 Å². The van der Waals surface area contributed by atoms with E-state index in [0.717, 1.165) is 16.7 Å². The highest BCUT2D eigenvalue weighted by Gasteiger charge is 2.16. The number of halogens is 1. The molecular weight excluding hydrogens is 232 g/mol. The van der Waals surface area contributed by atoms with Crippen LogP contribution in [0.1, 0.15) is 27.0 Å². The lowest BCUT2D eigenvalue weighted by Gasteiger charge is -2.09. The van der Waals surface area contributed by atoms with E-state index in [4.69, 9.17) is 11.6 Å². The second-order valence-corrected chi connectivity index (χ2v) is 4.48. The monoisotopic (exact) mass is 244 g/mol. The number of carbonyl (C=O) groups excluding carboxylic acids is 1. The van der Waals surface area contributed by atoms with Crippen LogP contribution in [0.2, 0.25) is 5.02 Å². The van der Waals surface area contributed by atoms with Gasteiger partial charge in [-0.1, -0.05) is 41.9 Å². The van der Waals surface area contributed by atoms with Crippen molar-refractivity contribution in [3.63, 3.8) is 0 Å². The Bertz CT molecular complexity index is 553. The van der Waals surface area contributed by atoms with Crippen LogP contribution in [0.5, 0.6) is 0 Å². The highest BCUT2D eigenvalue weighted by molar-refractivity contribution is 6.35. The summed E-state index contributed by atoms with van der Waals surface area (Å²) in [5.74, 6) is -0.00815. The van der Waals surface area contributed by atoms with Gasteiger partial charge in [0.05, 0.1) is 5.02 Å². The summed E-state index contributed by atoms with van der Waals surface area (Å²) in [4.78, 5) is 12.4. The fourth-order valence-electron chi connectivity index (χ4n) is 1.95. The topological polar surface area (TPSA) is 17.1 Å². The summed E-state index contributed by atoms with van der Waals surface area (Å²) in [5.41, 5.74) is 3.28. The van der Waals surface area contributed by atoms with Gasteiger partial charge in [-0.15, -0.1) is 0 Å². The summed E-state index contributed by atoms with van der Waals surface area (Å²) >= 11 is 6.05. The summed E-state index contributed by atoms with van der Waals surface area (Å²) in [6.07, 6.45) is 0. The van der Waals surface area contributed by atoms with E-state index < -0.39 is 0 Å². The van der Waals surface area contributed by atoms with E-state index in [-0.39, 0.29) is 5.78 Å². The molecule has 2 heteroatoms. The molecule has 0 aliphatic heterocycles. The van der Waals surface area contributed by atoms with Crippen molar-refractivity contribution in [2.45, 2.75) is 13.8 Å². The molecule has 2 rings (SSSR count). The molecule has 0 radical (unpaired) electrons. The van der Waals surface area contributed by atoms with Crippen LogP contribution in [0.4, 0.5) is 0 Å². The molecule has 0 amide bonds. The fourth-order valence-corrected chi connectivity index (χ4v) is 2.17. The largest absolute Gasteiger partial charge is 0.289 e. The minimum atomic E-state index is -0.00815. The highest BCUT2D eigenvalue weighted by Crippen LogP contribution is 2.22. The molecule has 2 aromatic rings. The normalized spacial score (nSPS) is 10.3. The van der Waals surface area contributed by atoms with E-state index in [1.807, 2.05) is 44.2 Å². The second kappa shape index (κ2) is 4.72. The van der Waals surface area contributed by atoms with Gasteiger partial charge >= 0.3 is 0 Å². The van der Waals surface area contributed by atoms with Crippen LogP contribution in [0.15, 0.2) is 42.5 Å². The number of hydrogen-bond acceptors (Lipinski definition) is 1. The molecule has 0 unspecified atom stereocenters. The minimum absolute atomic E-state index is 0.00815. The van der Waals surface area contributed by atoms with Gasteiger partial charge in [0.1, 0.15) is 0 Å². The Balaban J connectivity index is 2.56. The van der Waals surface area contributed by atoms with Gasteiger partial charge in [0.25, 0.3) is 0 Å². The van der Waals surface area contributed by atoms with Gasteiger partial charge in [-0.2, -0.15) is 0 Å². The molecule has 0 saturated heterocycles. The first-order valence-corrected chi connectivity index (χ1v) is 5.84. The molecule has 86 valence electrons. The lowest BCUT2D eigenvalue weighted by Crippen LogP contribution is -2.06. The minimum Gasteiger partial charge on any atom is -0.289 e. The van der Waals surface area contributed by atoms with E-state index in [2.05, 4.69) is 0 Å². The number of aryl methyl sites for hydroxylation is 2. The molecular formula is C15H13ClO. The first-order chi connectivity index (χ1) is 8.11. The molecule has 17 heavy (non-hydrogen) atoms. The van der Waals surface area contributed by atoms with Crippen LogP contribution in [-0.2, 0) is 0 Å². The Labute approximate surface area is 106 Å². The van der Waals surface area contributed by atoms with Crippen molar-refractivity contribution in [3.8, 4) is 0 Å².